The highest BCUT2D eigenvalue weighted by Gasteiger charge is 2.33. The molecule has 2 amide bonds. The van der Waals surface area contributed by atoms with Crippen LogP contribution in [0.5, 0.6) is 0 Å². The number of Topliss-reactive ketones (excluding diaryl/α,β-unsaturated/α-hetero) is 1. The number of ketones is 1. The van der Waals surface area contributed by atoms with Crippen molar-refractivity contribution in [1.82, 2.24) is 10.2 Å². The molecule has 0 saturated carbocycles. The molecule has 1 heterocycles. The van der Waals surface area contributed by atoms with Gasteiger partial charge in [0.25, 0.3) is 0 Å². The second-order valence-corrected chi connectivity index (χ2v) is 5.47. The van der Waals surface area contributed by atoms with Crippen LogP contribution in [-0.4, -0.2) is 77.0 Å². The van der Waals surface area contributed by atoms with Crippen molar-refractivity contribution in [2.45, 2.75) is 31.5 Å². The summed E-state index contributed by atoms with van der Waals surface area (Å²) < 4.78 is 0. The average Bonchev–Trinajstić information content (AvgIpc) is 2.44. The molecule has 0 aromatic carbocycles. The number of β-amino-alcohol motifs (C(OH)–C–C–N with tert-alkyl or cyclic N) is 1. The summed E-state index contributed by atoms with van der Waals surface area (Å²) >= 11 is 0. The molecule has 21 heavy (non-hydrogen) atoms. The van der Waals surface area contributed by atoms with Crippen LogP contribution in [0.25, 0.3) is 0 Å². The molecule has 3 unspecified atom stereocenters. The van der Waals surface area contributed by atoms with Crippen molar-refractivity contribution in [1.29, 1.82) is 0 Å². The summed E-state index contributed by atoms with van der Waals surface area (Å²) in [5.41, 5.74) is 4.87. The van der Waals surface area contributed by atoms with E-state index in [9.17, 15) is 19.8 Å². The van der Waals surface area contributed by atoms with E-state index in [-0.39, 0.29) is 24.9 Å². The molecular weight excluding hydrogens is 278 g/mol. The number of primary amides is 1. The number of aliphatic hydroxyl groups is 3. The Morgan fingerprint density at radius 1 is 1.24 bits per heavy atom. The van der Waals surface area contributed by atoms with Crippen molar-refractivity contribution in [3.63, 3.8) is 0 Å². The molecule has 122 valence electrons. The first kappa shape index (κ1) is 17.8. The summed E-state index contributed by atoms with van der Waals surface area (Å²) in [7, 11) is 0. The molecule has 1 saturated heterocycles. The van der Waals surface area contributed by atoms with Crippen LogP contribution in [0.3, 0.4) is 0 Å². The summed E-state index contributed by atoms with van der Waals surface area (Å²) in [6.07, 6.45) is 0.0783. The Hall–Kier alpha value is -1.22. The number of amides is 2. The smallest absolute Gasteiger partial charge is 0.312 e. The summed E-state index contributed by atoms with van der Waals surface area (Å²) in [5, 5.41) is 30.8. The maximum Gasteiger partial charge on any atom is 0.312 e. The average molecular weight is 303 g/mol. The summed E-state index contributed by atoms with van der Waals surface area (Å²) in [6.45, 7) is 1.39. The largest absolute Gasteiger partial charge is 0.396 e. The minimum absolute atomic E-state index is 0.0451. The highest BCUT2D eigenvalue weighted by atomic mass is 16.3. The van der Waals surface area contributed by atoms with Gasteiger partial charge in [0, 0.05) is 32.0 Å². The highest BCUT2D eigenvalue weighted by molar-refractivity contribution is 5.84. The van der Waals surface area contributed by atoms with Gasteiger partial charge < -0.3 is 31.3 Å². The summed E-state index contributed by atoms with van der Waals surface area (Å²) in [5.74, 6) is -0.411. The van der Waals surface area contributed by atoms with Crippen LogP contribution in [0.2, 0.25) is 0 Å². The van der Waals surface area contributed by atoms with Gasteiger partial charge in [0.15, 0.2) is 5.78 Å². The summed E-state index contributed by atoms with van der Waals surface area (Å²) in [6, 6.07) is -0.709. The van der Waals surface area contributed by atoms with Gasteiger partial charge in [-0.05, 0) is 19.4 Å². The summed E-state index contributed by atoms with van der Waals surface area (Å²) in [4.78, 5) is 23.8. The van der Waals surface area contributed by atoms with E-state index in [1.54, 1.807) is 0 Å². The zero-order valence-electron chi connectivity index (χ0n) is 12.1. The number of rotatable bonds is 8. The number of carbonyl (C=O) groups excluding carboxylic acids is 2. The van der Waals surface area contributed by atoms with Crippen molar-refractivity contribution in [2.24, 2.45) is 11.7 Å². The molecule has 0 spiro atoms. The molecule has 0 bridgehead atoms. The second-order valence-electron chi connectivity index (χ2n) is 5.47. The van der Waals surface area contributed by atoms with Crippen LogP contribution in [0, 0.1) is 5.92 Å². The first-order chi connectivity index (χ1) is 9.93. The van der Waals surface area contributed by atoms with E-state index in [0.29, 0.717) is 32.5 Å². The predicted molar refractivity (Wildman–Crippen MR) is 75.5 cm³/mol. The molecule has 0 aromatic heterocycles. The second kappa shape index (κ2) is 8.93. The Morgan fingerprint density at radius 3 is 2.57 bits per heavy atom. The fraction of sp³-hybridized carbons (Fsp3) is 0.846. The van der Waals surface area contributed by atoms with Crippen LogP contribution in [0.4, 0.5) is 4.79 Å². The minimum Gasteiger partial charge on any atom is -0.396 e. The lowest BCUT2D eigenvalue weighted by Crippen LogP contribution is -2.53. The normalized spacial score (nSPS) is 26.5. The maximum atomic E-state index is 11.4. The van der Waals surface area contributed by atoms with Crippen LogP contribution < -0.4 is 11.1 Å². The lowest BCUT2D eigenvalue weighted by Gasteiger charge is -2.38. The number of hydrogen-bond donors (Lipinski definition) is 5. The number of piperidine rings is 1. The molecule has 0 radical (unpaired) electrons. The van der Waals surface area contributed by atoms with Crippen molar-refractivity contribution in [3.8, 4) is 0 Å². The Bertz CT molecular complexity index is 353. The Morgan fingerprint density at radius 2 is 1.95 bits per heavy atom. The molecule has 1 aliphatic heterocycles. The van der Waals surface area contributed by atoms with Gasteiger partial charge in [0.05, 0.1) is 18.8 Å². The van der Waals surface area contributed by atoms with Crippen LogP contribution in [0.15, 0.2) is 0 Å². The van der Waals surface area contributed by atoms with E-state index < -0.39 is 18.2 Å². The van der Waals surface area contributed by atoms with Crippen molar-refractivity contribution in [2.75, 3.05) is 32.8 Å². The first-order valence-corrected chi connectivity index (χ1v) is 7.18. The van der Waals surface area contributed by atoms with Crippen molar-refractivity contribution in [3.05, 3.63) is 0 Å². The quantitative estimate of drug-likeness (QED) is 0.330. The van der Waals surface area contributed by atoms with E-state index in [1.165, 1.54) is 0 Å². The van der Waals surface area contributed by atoms with Crippen molar-refractivity contribution >= 4 is 11.8 Å². The van der Waals surface area contributed by atoms with Gasteiger partial charge >= 0.3 is 6.03 Å². The number of nitrogens with one attached hydrogen (secondary N) is 1. The molecule has 0 aromatic rings. The van der Waals surface area contributed by atoms with Crippen LogP contribution in [-0.2, 0) is 4.79 Å². The lowest BCUT2D eigenvalue weighted by atomic mass is 9.93. The third-order valence-electron chi connectivity index (χ3n) is 3.69. The van der Waals surface area contributed by atoms with Gasteiger partial charge in [0.1, 0.15) is 0 Å². The predicted octanol–water partition coefficient (Wildman–Crippen LogP) is -1.96. The Kier molecular flexibility index (Phi) is 7.58. The van der Waals surface area contributed by atoms with Gasteiger partial charge in [-0.15, -0.1) is 0 Å². The molecule has 1 rings (SSSR count). The SMILES string of the molecule is NC(=O)NCC(=O)CCCCN1CC(O)C(O)C(CO)C1. The number of hydrogen-bond acceptors (Lipinski definition) is 6. The number of carbonyl (C=O) groups is 2. The zero-order valence-corrected chi connectivity index (χ0v) is 12.1. The Balaban J connectivity index is 2.18. The van der Waals surface area contributed by atoms with Gasteiger partial charge in [0.2, 0.25) is 0 Å². The van der Waals surface area contributed by atoms with Crippen molar-refractivity contribution < 1.29 is 24.9 Å². The van der Waals surface area contributed by atoms with E-state index >= 15 is 0 Å². The number of nitrogens with two attached hydrogens (primary N) is 1. The molecule has 1 aliphatic rings. The van der Waals surface area contributed by atoms with Crippen LogP contribution >= 0.6 is 0 Å². The first-order valence-electron chi connectivity index (χ1n) is 7.18. The fourth-order valence-corrected chi connectivity index (χ4v) is 2.48. The molecule has 6 N–H and O–H groups in total. The molecule has 0 aliphatic carbocycles. The number of unbranched alkanes of at least 4 members (excludes halogenated alkanes) is 1. The molecule has 8 nitrogen and oxygen atoms in total. The molecule has 1 fully saturated rings. The lowest BCUT2D eigenvalue weighted by molar-refractivity contribution is -0.118. The highest BCUT2D eigenvalue weighted by Crippen LogP contribution is 2.18. The topological polar surface area (TPSA) is 136 Å². The van der Waals surface area contributed by atoms with Gasteiger partial charge in [-0.3, -0.25) is 4.79 Å². The van der Waals surface area contributed by atoms with E-state index in [4.69, 9.17) is 10.8 Å². The van der Waals surface area contributed by atoms with Gasteiger partial charge in [-0.25, -0.2) is 4.79 Å². The molecular formula is C13H25N3O5. The zero-order chi connectivity index (χ0) is 15.8. The fourth-order valence-electron chi connectivity index (χ4n) is 2.48. The number of aliphatic hydroxyl groups excluding tert-OH is 3. The standard InChI is InChI=1S/C13H25N3O5/c14-13(21)15-5-10(18)3-1-2-4-16-6-9(8-17)12(20)11(19)7-16/h9,11-12,17,19-20H,1-8H2,(H3,14,15,21). The Labute approximate surface area is 123 Å². The monoisotopic (exact) mass is 303 g/mol. The number of urea groups is 1. The number of nitrogens with zero attached hydrogens (tertiary/aromatic N) is 1. The van der Waals surface area contributed by atoms with E-state index in [0.717, 1.165) is 6.42 Å². The van der Waals surface area contributed by atoms with Gasteiger partial charge in [-0.1, -0.05) is 0 Å². The molecule has 3 atom stereocenters. The van der Waals surface area contributed by atoms with Gasteiger partial charge in [-0.2, -0.15) is 0 Å². The van der Waals surface area contributed by atoms with E-state index in [1.807, 2.05) is 4.90 Å². The maximum absolute atomic E-state index is 11.4. The number of likely N-dealkylation sites (tertiary alicyclic amines) is 1. The third-order valence-corrected chi connectivity index (χ3v) is 3.69. The minimum atomic E-state index is -0.882. The van der Waals surface area contributed by atoms with Crippen LogP contribution in [0.1, 0.15) is 19.3 Å². The molecule has 8 heteroatoms. The van der Waals surface area contributed by atoms with E-state index in [2.05, 4.69) is 5.32 Å². The third kappa shape index (κ3) is 6.38.